The van der Waals surface area contributed by atoms with Crippen molar-refractivity contribution in [2.24, 2.45) is 0 Å². The summed E-state index contributed by atoms with van der Waals surface area (Å²) in [5, 5.41) is 4.23. The van der Waals surface area contributed by atoms with Crippen LogP contribution in [-0.4, -0.2) is 38.0 Å². The van der Waals surface area contributed by atoms with Crippen molar-refractivity contribution in [1.29, 1.82) is 0 Å². The first kappa shape index (κ1) is 20.7. The topological polar surface area (TPSA) is 93.7 Å². The van der Waals surface area contributed by atoms with Crippen molar-refractivity contribution in [2.45, 2.75) is 0 Å². The second-order valence-corrected chi connectivity index (χ2v) is 5.35. The molecule has 2 aromatic rings. The summed E-state index contributed by atoms with van der Waals surface area (Å²) in [4.78, 5) is 35.2. The SMILES string of the molecule is COc1cccc(C(=O)NCC(=O)OCC(=O)Nc2ccc(F)c(F)c2F)c1. The second kappa shape index (κ2) is 9.40. The lowest BCUT2D eigenvalue weighted by Gasteiger charge is -2.09. The van der Waals surface area contributed by atoms with E-state index in [-0.39, 0.29) is 5.56 Å². The molecule has 0 spiro atoms. The minimum atomic E-state index is -1.74. The number of anilines is 1. The highest BCUT2D eigenvalue weighted by Crippen LogP contribution is 2.19. The third-order valence-corrected chi connectivity index (χ3v) is 3.40. The van der Waals surface area contributed by atoms with Crippen LogP contribution in [0.4, 0.5) is 18.9 Å². The van der Waals surface area contributed by atoms with Crippen LogP contribution in [0.5, 0.6) is 5.75 Å². The van der Waals surface area contributed by atoms with Crippen LogP contribution in [0.1, 0.15) is 10.4 Å². The summed E-state index contributed by atoms with van der Waals surface area (Å²) in [6, 6.07) is 7.65. The van der Waals surface area contributed by atoms with E-state index in [0.29, 0.717) is 11.8 Å². The van der Waals surface area contributed by atoms with E-state index in [9.17, 15) is 27.6 Å². The van der Waals surface area contributed by atoms with Gasteiger partial charge in [0.2, 0.25) is 0 Å². The predicted molar refractivity (Wildman–Crippen MR) is 91.2 cm³/mol. The molecule has 0 saturated carbocycles. The summed E-state index contributed by atoms with van der Waals surface area (Å²) in [5.74, 6) is -6.75. The maximum atomic E-state index is 13.5. The number of ether oxygens (including phenoxy) is 2. The lowest BCUT2D eigenvalue weighted by atomic mass is 10.2. The molecule has 0 unspecified atom stereocenters. The third kappa shape index (κ3) is 5.47. The number of methoxy groups -OCH3 is 1. The highest BCUT2D eigenvalue weighted by atomic mass is 19.2. The Morgan fingerprint density at radius 2 is 1.79 bits per heavy atom. The predicted octanol–water partition coefficient (Wildman–Crippen LogP) is 2.02. The molecule has 2 aromatic carbocycles. The van der Waals surface area contributed by atoms with Crippen molar-refractivity contribution in [2.75, 3.05) is 25.6 Å². The van der Waals surface area contributed by atoms with Crippen molar-refractivity contribution in [3.63, 3.8) is 0 Å². The van der Waals surface area contributed by atoms with Gasteiger partial charge in [0.15, 0.2) is 24.1 Å². The fraction of sp³-hybridized carbons (Fsp3) is 0.167. The number of nitrogens with one attached hydrogen (secondary N) is 2. The van der Waals surface area contributed by atoms with E-state index in [1.165, 1.54) is 19.2 Å². The molecule has 0 aliphatic rings. The van der Waals surface area contributed by atoms with Crippen LogP contribution < -0.4 is 15.4 Å². The van der Waals surface area contributed by atoms with Crippen LogP contribution in [0.15, 0.2) is 36.4 Å². The van der Waals surface area contributed by atoms with E-state index in [2.05, 4.69) is 10.1 Å². The van der Waals surface area contributed by atoms with Gasteiger partial charge in [-0.05, 0) is 30.3 Å². The smallest absolute Gasteiger partial charge is 0.325 e. The zero-order valence-corrected chi connectivity index (χ0v) is 14.6. The minimum Gasteiger partial charge on any atom is -0.497 e. The summed E-state index contributed by atoms with van der Waals surface area (Å²) in [5.41, 5.74) is -0.356. The molecule has 28 heavy (non-hydrogen) atoms. The highest BCUT2D eigenvalue weighted by molar-refractivity contribution is 5.97. The van der Waals surface area contributed by atoms with E-state index in [4.69, 9.17) is 4.74 Å². The molecular weight excluding hydrogens is 381 g/mol. The fourth-order valence-electron chi connectivity index (χ4n) is 2.02. The molecule has 0 aliphatic carbocycles. The molecule has 0 fully saturated rings. The van der Waals surface area contributed by atoms with Gasteiger partial charge in [0.25, 0.3) is 11.8 Å². The Morgan fingerprint density at radius 1 is 1.04 bits per heavy atom. The average Bonchev–Trinajstić information content (AvgIpc) is 2.70. The van der Waals surface area contributed by atoms with Crippen LogP contribution in [0, 0.1) is 17.5 Å². The molecule has 0 bridgehead atoms. The van der Waals surface area contributed by atoms with Gasteiger partial charge in [0.05, 0.1) is 12.8 Å². The van der Waals surface area contributed by atoms with Crippen molar-refractivity contribution < 1.29 is 37.0 Å². The number of carbonyl (C=O) groups excluding carboxylic acids is 3. The Labute approximate surface area is 157 Å². The van der Waals surface area contributed by atoms with Gasteiger partial charge < -0.3 is 20.1 Å². The van der Waals surface area contributed by atoms with Crippen LogP contribution in [0.25, 0.3) is 0 Å². The van der Waals surface area contributed by atoms with Crippen LogP contribution >= 0.6 is 0 Å². The number of benzene rings is 2. The minimum absolute atomic E-state index is 0.249. The highest BCUT2D eigenvalue weighted by Gasteiger charge is 2.16. The molecule has 0 radical (unpaired) electrons. The van der Waals surface area contributed by atoms with E-state index in [1.54, 1.807) is 12.1 Å². The first-order chi connectivity index (χ1) is 13.3. The molecule has 0 atom stereocenters. The third-order valence-electron chi connectivity index (χ3n) is 3.40. The monoisotopic (exact) mass is 396 g/mol. The van der Waals surface area contributed by atoms with Crippen LogP contribution in [0.2, 0.25) is 0 Å². The van der Waals surface area contributed by atoms with Gasteiger partial charge in [-0.25, -0.2) is 13.2 Å². The molecule has 2 amide bonds. The first-order valence-corrected chi connectivity index (χ1v) is 7.83. The van der Waals surface area contributed by atoms with E-state index in [1.807, 2.05) is 5.32 Å². The molecule has 0 aromatic heterocycles. The van der Waals surface area contributed by atoms with Crippen LogP contribution in [0.3, 0.4) is 0 Å². The number of halogens is 3. The van der Waals surface area contributed by atoms with Gasteiger partial charge in [-0.2, -0.15) is 0 Å². The Bertz CT molecular complexity index is 905. The molecular formula is C18H15F3N2O5. The summed E-state index contributed by atoms with van der Waals surface area (Å²) in [6.45, 7) is -1.34. The number of carbonyl (C=O) groups is 3. The van der Waals surface area contributed by atoms with E-state index >= 15 is 0 Å². The zero-order valence-electron chi connectivity index (χ0n) is 14.6. The summed E-state index contributed by atoms with van der Waals surface area (Å²) in [7, 11) is 1.44. The van der Waals surface area contributed by atoms with Gasteiger partial charge in [-0.3, -0.25) is 14.4 Å². The maximum Gasteiger partial charge on any atom is 0.325 e. The van der Waals surface area contributed by atoms with Crippen molar-refractivity contribution in [3.05, 3.63) is 59.4 Å². The Kier molecular flexibility index (Phi) is 6.96. The number of rotatable bonds is 7. The average molecular weight is 396 g/mol. The quantitative estimate of drug-likeness (QED) is 0.552. The van der Waals surface area contributed by atoms with Gasteiger partial charge >= 0.3 is 5.97 Å². The van der Waals surface area contributed by atoms with Crippen LogP contribution in [-0.2, 0) is 14.3 Å². The largest absolute Gasteiger partial charge is 0.497 e. The molecule has 148 valence electrons. The first-order valence-electron chi connectivity index (χ1n) is 7.83. The zero-order chi connectivity index (χ0) is 20.7. The lowest BCUT2D eigenvalue weighted by Crippen LogP contribution is -2.32. The molecule has 0 aliphatic heterocycles. The van der Waals surface area contributed by atoms with Gasteiger partial charge in [0, 0.05) is 5.56 Å². The number of amides is 2. The maximum absolute atomic E-state index is 13.5. The standard InChI is InChI=1S/C18H15F3N2O5/c1-27-11-4-2-3-10(7-11)18(26)22-8-15(25)28-9-14(24)23-13-6-5-12(19)16(20)17(13)21/h2-7H,8-9H2,1H3,(H,22,26)(H,23,24). The van der Waals surface area contributed by atoms with Gasteiger partial charge in [0.1, 0.15) is 12.3 Å². The Balaban J connectivity index is 1.79. The molecule has 2 N–H and O–H groups in total. The van der Waals surface area contributed by atoms with E-state index < -0.39 is 54.1 Å². The Morgan fingerprint density at radius 3 is 2.50 bits per heavy atom. The van der Waals surface area contributed by atoms with Gasteiger partial charge in [-0.1, -0.05) is 6.07 Å². The molecule has 2 rings (SSSR count). The van der Waals surface area contributed by atoms with Crippen molar-refractivity contribution in [3.8, 4) is 5.75 Å². The van der Waals surface area contributed by atoms with Crippen molar-refractivity contribution >= 4 is 23.5 Å². The van der Waals surface area contributed by atoms with E-state index in [0.717, 1.165) is 6.07 Å². The van der Waals surface area contributed by atoms with Crippen molar-refractivity contribution in [1.82, 2.24) is 5.32 Å². The molecule has 0 heterocycles. The molecule has 0 saturated heterocycles. The summed E-state index contributed by atoms with van der Waals surface area (Å²) < 4.78 is 49.0. The Hall–Kier alpha value is -3.56. The number of hydrogen-bond acceptors (Lipinski definition) is 5. The summed E-state index contributed by atoms with van der Waals surface area (Å²) >= 11 is 0. The fourth-order valence-corrected chi connectivity index (χ4v) is 2.02. The second-order valence-electron chi connectivity index (χ2n) is 5.35. The lowest BCUT2D eigenvalue weighted by molar-refractivity contribution is -0.146. The number of esters is 1. The number of hydrogen-bond donors (Lipinski definition) is 2. The molecule has 10 heteroatoms. The summed E-state index contributed by atoms with van der Waals surface area (Å²) in [6.07, 6.45) is 0. The molecule has 7 nitrogen and oxygen atoms in total. The van der Waals surface area contributed by atoms with Gasteiger partial charge in [-0.15, -0.1) is 0 Å². The normalized spacial score (nSPS) is 10.1.